The van der Waals surface area contributed by atoms with Crippen molar-refractivity contribution in [2.45, 2.75) is 62.0 Å². The lowest BCUT2D eigenvalue weighted by Crippen LogP contribution is -2.17. The zero-order chi connectivity index (χ0) is 15.4. The fourth-order valence-electron chi connectivity index (χ4n) is 1.70. The SMILES string of the molecule is CCOC(=O)[C@H](Br)CCCCCC[C@H](Br)C(=O)OCC. The van der Waals surface area contributed by atoms with Crippen molar-refractivity contribution in [1.29, 1.82) is 0 Å². The van der Waals surface area contributed by atoms with Gasteiger partial charge in [-0.25, -0.2) is 0 Å². The first-order valence-electron chi connectivity index (χ1n) is 7.14. The van der Waals surface area contributed by atoms with Gasteiger partial charge in [0, 0.05) is 0 Å². The number of esters is 2. The molecule has 0 heterocycles. The molecule has 4 nitrogen and oxygen atoms in total. The lowest BCUT2D eigenvalue weighted by atomic mass is 10.1. The van der Waals surface area contributed by atoms with Crippen molar-refractivity contribution >= 4 is 43.8 Å². The summed E-state index contributed by atoms with van der Waals surface area (Å²) in [5, 5.41) is 0. The van der Waals surface area contributed by atoms with E-state index in [1.54, 1.807) is 13.8 Å². The van der Waals surface area contributed by atoms with Gasteiger partial charge in [-0.3, -0.25) is 9.59 Å². The van der Waals surface area contributed by atoms with Crippen LogP contribution in [0.4, 0.5) is 0 Å². The molecule has 2 atom stereocenters. The summed E-state index contributed by atoms with van der Waals surface area (Å²) in [6.07, 6.45) is 5.61. The molecular weight excluding hydrogens is 392 g/mol. The molecule has 0 aliphatic heterocycles. The molecule has 0 fully saturated rings. The van der Waals surface area contributed by atoms with Gasteiger partial charge in [0.1, 0.15) is 9.65 Å². The highest BCUT2D eigenvalue weighted by molar-refractivity contribution is 9.10. The van der Waals surface area contributed by atoms with E-state index in [1.807, 2.05) is 0 Å². The zero-order valence-electron chi connectivity index (χ0n) is 12.2. The molecule has 0 unspecified atom stereocenters. The Hall–Kier alpha value is -0.100. The highest BCUT2D eigenvalue weighted by Crippen LogP contribution is 2.16. The van der Waals surface area contributed by atoms with E-state index in [-0.39, 0.29) is 21.6 Å². The van der Waals surface area contributed by atoms with Gasteiger partial charge in [-0.2, -0.15) is 0 Å². The van der Waals surface area contributed by atoms with Crippen molar-refractivity contribution in [3.8, 4) is 0 Å². The lowest BCUT2D eigenvalue weighted by Gasteiger charge is -2.10. The molecule has 0 aromatic heterocycles. The van der Waals surface area contributed by atoms with Crippen LogP contribution in [-0.2, 0) is 19.1 Å². The average Bonchev–Trinajstić information content (AvgIpc) is 2.42. The lowest BCUT2D eigenvalue weighted by molar-refractivity contribution is -0.143. The van der Waals surface area contributed by atoms with Crippen molar-refractivity contribution in [2.24, 2.45) is 0 Å². The quantitative estimate of drug-likeness (QED) is 0.291. The van der Waals surface area contributed by atoms with Crippen LogP contribution in [0.2, 0.25) is 0 Å². The molecule has 20 heavy (non-hydrogen) atoms. The molecule has 0 saturated heterocycles. The van der Waals surface area contributed by atoms with Gasteiger partial charge in [-0.05, 0) is 26.7 Å². The Bertz CT molecular complexity index is 256. The smallest absolute Gasteiger partial charge is 0.319 e. The molecule has 0 aromatic rings. The predicted octanol–water partition coefficient (Wildman–Crippen LogP) is 3.98. The van der Waals surface area contributed by atoms with Crippen LogP contribution in [0, 0.1) is 0 Å². The maximum atomic E-state index is 11.4. The van der Waals surface area contributed by atoms with E-state index >= 15 is 0 Å². The third-order valence-corrected chi connectivity index (χ3v) is 4.41. The Kier molecular flexibility index (Phi) is 12.6. The Labute approximate surface area is 138 Å². The Morgan fingerprint density at radius 2 is 1.15 bits per heavy atom. The number of alkyl halides is 2. The normalized spacial score (nSPS) is 13.6. The molecule has 0 rings (SSSR count). The average molecular weight is 416 g/mol. The second-order valence-corrected chi connectivity index (χ2v) is 6.64. The largest absolute Gasteiger partial charge is 0.465 e. The van der Waals surface area contributed by atoms with Crippen molar-refractivity contribution in [3.63, 3.8) is 0 Å². The monoisotopic (exact) mass is 414 g/mol. The molecule has 0 saturated carbocycles. The van der Waals surface area contributed by atoms with E-state index in [0.29, 0.717) is 13.2 Å². The molecule has 0 amide bonds. The van der Waals surface area contributed by atoms with Gasteiger partial charge in [0.15, 0.2) is 0 Å². The topological polar surface area (TPSA) is 52.6 Å². The van der Waals surface area contributed by atoms with Gasteiger partial charge in [-0.15, -0.1) is 0 Å². The number of rotatable bonds is 11. The molecule has 0 aliphatic rings. The maximum Gasteiger partial charge on any atom is 0.319 e. The molecular formula is C14H24Br2O4. The van der Waals surface area contributed by atoms with Gasteiger partial charge in [-0.1, -0.05) is 57.5 Å². The summed E-state index contributed by atoms with van der Waals surface area (Å²) in [5.41, 5.74) is 0. The van der Waals surface area contributed by atoms with Crippen LogP contribution in [0.3, 0.4) is 0 Å². The molecule has 0 aliphatic carbocycles. The van der Waals surface area contributed by atoms with Crippen LogP contribution in [0.5, 0.6) is 0 Å². The third-order valence-electron chi connectivity index (χ3n) is 2.75. The van der Waals surface area contributed by atoms with E-state index in [2.05, 4.69) is 31.9 Å². The molecule has 0 aromatic carbocycles. The second-order valence-electron chi connectivity index (χ2n) is 4.43. The fraction of sp³-hybridized carbons (Fsp3) is 0.857. The number of hydrogen-bond acceptors (Lipinski definition) is 4. The Morgan fingerprint density at radius 3 is 1.45 bits per heavy atom. The summed E-state index contributed by atoms with van der Waals surface area (Å²) in [6.45, 7) is 4.44. The van der Waals surface area contributed by atoms with E-state index in [1.165, 1.54) is 0 Å². The van der Waals surface area contributed by atoms with E-state index in [0.717, 1.165) is 38.5 Å². The van der Waals surface area contributed by atoms with Gasteiger partial charge < -0.3 is 9.47 Å². The van der Waals surface area contributed by atoms with Crippen molar-refractivity contribution in [2.75, 3.05) is 13.2 Å². The summed E-state index contributed by atoms with van der Waals surface area (Å²) in [7, 11) is 0. The molecule has 0 radical (unpaired) electrons. The summed E-state index contributed by atoms with van der Waals surface area (Å²) in [6, 6.07) is 0. The molecule has 0 bridgehead atoms. The summed E-state index contributed by atoms with van der Waals surface area (Å²) in [4.78, 5) is 22.3. The number of unbranched alkanes of at least 4 members (excludes halogenated alkanes) is 3. The van der Waals surface area contributed by atoms with Crippen LogP contribution in [0.25, 0.3) is 0 Å². The number of carbonyl (C=O) groups is 2. The molecule has 0 spiro atoms. The number of ether oxygens (including phenoxy) is 2. The van der Waals surface area contributed by atoms with Gasteiger partial charge in [0.05, 0.1) is 13.2 Å². The van der Waals surface area contributed by atoms with Crippen molar-refractivity contribution < 1.29 is 19.1 Å². The molecule has 118 valence electrons. The maximum absolute atomic E-state index is 11.4. The summed E-state index contributed by atoms with van der Waals surface area (Å²) in [5.74, 6) is -0.370. The van der Waals surface area contributed by atoms with E-state index in [9.17, 15) is 9.59 Å². The highest BCUT2D eigenvalue weighted by Gasteiger charge is 2.16. The van der Waals surface area contributed by atoms with E-state index < -0.39 is 0 Å². The first-order chi connectivity index (χ1) is 9.52. The van der Waals surface area contributed by atoms with Crippen LogP contribution in [-0.4, -0.2) is 34.8 Å². The molecule has 6 heteroatoms. The summed E-state index contributed by atoms with van der Waals surface area (Å²) >= 11 is 6.66. The minimum Gasteiger partial charge on any atom is -0.465 e. The van der Waals surface area contributed by atoms with Crippen LogP contribution in [0.15, 0.2) is 0 Å². The minimum absolute atomic E-state index is 0.185. The van der Waals surface area contributed by atoms with Crippen molar-refractivity contribution in [3.05, 3.63) is 0 Å². The second kappa shape index (κ2) is 12.6. The number of halogens is 2. The first-order valence-corrected chi connectivity index (χ1v) is 8.97. The number of hydrogen-bond donors (Lipinski definition) is 0. The first kappa shape index (κ1) is 19.9. The highest BCUT2D eigenvalue weighted by atomic mass is 79.9. The molecule has 0 N–H and O–H groups in total. The zero-order valence-corrected chi connectivity index (χ0v) is 15.4. The van der Waals surface area contributed by atoms with Gasteiger partial charge >= 0.3 is 11.9 Å². The van der Waals surface area contributed by atoms with Crippen LogP contribution >= 0.6 is 31.9 Å². The van der Waals surface area contributed by atoms with Crippen LogP contribution < -0.4 is 0 Å². The fourth-order valence-corrected chi connectivity index (χ4v) is 2.61. The summed E-state index contributed by atoms with van der Waals surface area (Å²) < 4.78 is 9.84. The third kappa shape index (κ3) is 9.75. The minimum atomic E-state index is -0.203. The van der Waals surface area contributed by atoms with Crippen LogP contribution in [0.1, 0.15) is 52.4 Å². The standard InChI is InChI=1S/C14H24Br2O4/c1-3-19-13(17)11(15)9-7-5-6-8-10-12(16)14(18)20-4-2/h11-12H,3-10H2,1-2H3/t11-,12+. The van der Waals surface area contributed by atoms with Gasteiger partial charge in [0.2, 0.25) is 0 Å². The van der Waals surface area contributed by atoms with E-state index in [4.69, 9.17) is 9.47 Å². The van der Waals surface area contributed by atoms with Crippen molar-refractivity contribution in [1.82, 2.24) is 0 Å². The number of carbonyl (C=O) groups excluding carboxylic acids is 2. The predicted molar refractivity (Wildman–Crippen MR) is 86.4 cm³/mol. The Balaban J connectivity index is 3.53. The van der Waals surface area contributed by atoms with Gasteiger partial charge in [0.25, 0.3) is 0 Å². The Morgan fingerprint density at radius 1 is 0.800 bits per heavy atom.